The number of aromatic nitrogens is 2. The summed E-state index contributed by atoms with van der Waals surface area (Å²) < 4.78 is 20.4. The number of benzene rings is 2. The van der Waals surface area contributed by atoms with Gasteiger partial charge in [-0.05, 0) is 44.2 Å². The zero-order valence-electron chi connectivity index (χ0n) is 13.5. The summed E-state index contributed by atoms with van der Waals surface area (Å²) in [6.45, 7) is 3.98. The topological polar surface area (TPSA) is 56.2 Å². The normalized spacial score (nSPS) is 11.0. The van der Waals surface area contributed by atoms with Crippen molar-refractivity contribution in [2.24, 2.45) is 0 Å². The highest BCUT2D eigenvalue weighted by molar-refractivity contribution is 5.94. The van der Waals surface area contributed by atoms with Crippen LogP contribution in [0.1, 0.15) is 19.9 Å². The van der Waals surface area contributed by atoms with E-state index < -0.39 is 5.82 Å². The first-order valence-corrected chi connectivity index (χ1v) is 7.68. The van der Waals surface area contributed by atoms with Gasteiger partial charge in [0.2, 0.25) is 0 Å². The van der Waals surface area contributed by atoms with Crippen LogP contribution >= 0.6 is 0 Å². The van der Waals surface area contributed by atoms with Gasteiger partial charge < -0.3 is 14.6 Å². The van der Waals surface area contributed by atoms with Crippen LogP contribution in [0.2, 0.25) is 0 Å². The van der Waals surface area contributed by atoms with E-state index in [0.717, 1.165) is 11.0 Å². The fourth-order valence-corrected chi connectivity index (χ4v) is 2.42. The molecule has 6 heteroatoms. The number of carbonyl (C=O) groups excluding carboxylic acids is 1. The Morgan fingerprint density at radius 2 is 2.12 bits per heavy atom. The van der Waals surface area contributed by atoms with Gasteiger partial charge in [-0.1, -0.05) is 6.07 Å². The maximum atomic E-state index is 13.1. The van der Waals surface area contributed by atoms with E-state index in [2.05, 4.69) is 28.7 Å². The second kappa shape index (κ2) is 6.70. The van der Waals surface area contributed by atoms with Crippen molar-refractivity contribution < 1.29 is 13.9 Å². The molecule has 0 spiro atoms. The Bertz CT molecular complexity index is 874. The third kappa shape index (κ3) is 3.53. The molecular weight excluding hydrogens is 309 g/mol. The summed E-state index contributed by atoms with van der Waals surface area (Å²) in [5.74, 6) is -0.405. The summed E-state index contributed by atoms with van der Waals surface area (Å²) in [5.41, 5.74) is 2.47. The number of hydrogen-bond acceptors (Lipinski definition) is 3. The average molecular weight is 327 g/mol. The van der Waals surface area contributed by atoms with Crippen molar-refractivity contribution in [3.63, 3.8) is 0 Å². The van der Waals surface area contributed by atoms with Crippen LogP contribution < -0.4 is 10.1 Å². The van der Waals surface area contributed by atoms with Gasteiger partial charge in [0.25, 0.3) is 5.91 Å². The van der Waals surface area contributed by atoms with E-state index in [4.69, 9.17) is 4.74 Å². The van der Waals surface area contributed by atoms with E-state index in [1.807, 2.05) is 18.2 Å². The fourth-order valence-electron chi connectivity index (χ4n) is 2.42. The van der Waals surface area contributed by atoms with Crippen molar-refractivity contribution in [3.8, 4) is 5.75 Å². The van der Waals surface area contributed by atoms with Gasteiger partial charge in [0.05, 0.1) is 17.4 Å². The van der Waals surface area contributed by atoms with Gasteiger partial charge in [-0.15, -0.1) is 0 Å². The van der Waals surface area contributed by atoms with Crippen LogP contribution in [0.15, 0.2) is 48.8 Å². The molecule has 1 amide bonds. The third-order valence-electron chi connectivity index (χ3n) is 3.58. The van der Waals surface area contributed by atoms with Gasteiger partial charge in [0, 0.05) is 17.8 Å². The monoisotopic (exact) mass is 327 g/mol. The molecule has 0 fully saturated rings. The van der Waals surface area contributed by atoms with Crippen molar-refractivity contribution in [2.45, 2.75) is 19.9 Å². The Balaban J connectivity index is 1.65. The van der Waals surface area contributed by atoms with Crippen LogP contribution in [-0.4, -0.2) is 22.1 Å². The first kappa shape index (κ1) is 16.0. The summed E-state index contributed by atoms with van der Waals surface area (Å²) in [6.07, 6.45) is 1.79. The van der Waals surface area contributed by atoms with Crippen molar-refractivity contribution in [3.05, 3.63) is 54.6 Å². The molecule has 1 aromatic heterocycles. The number of halogens is 1. The minimum atomic E-state index is -0.404. The van der Waals surface area contributed by atoms with Gasteiger partial charge in [-0.25, -0.2) is 9.37 Å². The second-order valence-corrected chi connectivity index (χ2v) is 5.74. The van der Waals surface area contributed by atoms with Gasteiger partial charge in [-0.3, -0.25) is 4.79 Å². The average Bonchev–Trinajstić information content (AvgIpc) is 2.96. The third-order valence-corrected chi connectivity index (χ3v) is 3.58. The zero-order chi connectivity index (χ0) is 17.1. The van der Waals surface area contributed by atoms with Crippen LogP contribution in [0.5, 0.6) is 5.75 Å². The number of rotatable bonds is 5. The molecule has 0 saturated heterocycles. The van der Waals surface area contributed by atoms with E-state index in [1.165, 1.54) is 18.2 Å². The Hall–Kier alpha value is -2.89. The lowest BCUT2D eigenvalue weighted by molar-refractivity contribution is -0.118. The zero-order valence-corrected chi connectivity index (χ0v) is 13.5. The van der Waals surface area contributed by atoms with Gasteiger partial charge in [-0.2, -0.15) is 0 Å². The molecule has 0 aliphatic rings. The van der Waals surface area contributed by atoms with Crippen LogP contribution in [0.4, 0.5) is 10.1 Å². The highest BCUT2D eigenvalue weighted by Gasteiger charge is 2.08. The maximum Gasteiger partial charge on any atom is 0.262 e. The molecule has 3 rings (SSSR count). The number of fused-ring (bicyclic) bond motifs is 1. The molecule has 124 valence electrons. The highest BCUT2D eigenvalue weighted by Crippen LogP contribution is 2.21. The number of amides is 1. The first-order chi connectivity index (χ1) is 11.5. The summed E-state index contributed by atoms with van der Waals surface area (Å²) in [6, 6.07) is 11.6. The lowest BCUT2D eigenvalue weighted by atomic mass is 10.2. The Kier molecular flexibility index (Phi) is 4.46. The first-order valence-electron chi connectivity index (χ1n) is 7.68. The van der Waals surface area contributed by atoms with E-state index in [-0.39, 0.29) is 12.5 Å². The number of nitrogens with one attached hydrogen (secondary N) is 1. The molecular formula is C18H18FN3O2. The molecule has 0 saturated carbocycles. The Morgan fingerprint density at radius 1 is 1.29 bits per heavy atom. The highest BCUT2D eigenvalue weighted by atomic mass is 19.1. The summed E-state index contributed by atoms with van der Waals surface area (Å²) in [5, 5.41) is 2.75. The molecule has 5 nitrogen and oxygen atoms in total. The molecule has 0 aliphatic heterocycles. The number of anilines is 1. The summed E-state index contributed by atoms with van der Waals surface area (Å²) >= 11 is 0. The SMILES string of the molecule is CC(C)n1cnc2cc(NC(=O)COc3cccc(F)c3)ccc21. The van der Waals surface area contributed by atoms with E-state index in [1.54, 1.807) is 12.4 Å². The van der Waals surface area contributed by atoms with Crippen LogP contribution in [0, 0.1) is 5.82 Å². The van der Waals surface area contributed by atoms with Crippen molar-refractivity contribution >= 4 is 22.6 Å². The number of imidazole rings is 1. The molecule has 24 heavy (non-hydrogen) atoms. The lowest BCUT2D eigenvalue weighted by Crippen LogP contribution is -2.20. The van der Waals surface area contributed by atoms with E-state index in [9.17, 15) is 9.18 Å². The molecule has 0 radical (unpaired) electrons. The largest absolute Gasteiger partial charge is 0.484 e. The summed E-state index contributed by atoms with van der Waals surface area (Å²) in [7, 11) is 0. The van der Waals surface area contributed by atoms with Crippen molar-refractivity contribution in [2.75, 3.05) is 11.9 Å². The molecule has 1 heterocycles. The molecule has 0 unspecified atom stereocenters. The number of hydrogen-bond donors (Lipinski definition) is 1. The predicted molar refractivity (Wildman–Crippen MR) is 90.6 cm³/mol. The van der Waals surface area contributed by atoms with Crippen LogP contribution in [-0.2, 0) is 4.79 Å². The standard InChI is InChI=1S/C18H18FN3O2/c1-12(2)22-11-20-16-9-14(6-7-17(16)22)21-18(23)10-24-15-5-3-4-13(19)8-15/h3-9,11-12H,10H2,1-2H3,(H,21,23). The summed E-state index contributed by atoms with van der Waals surface area (Å²) in [4.78, 5) is 16.3. The fraction of sp³-hybridized carbons (Fsp3) is 0.222. The van der Waals surface area contributed by atoms with Gasteiger partial charge in [0.1, 0.15) is 11.6 Å². The van der Waals surface area contributed by atoms with Gasteiger partial charge in [0.15, 0.2) is 6.61 Å². The number of nitrogens with zero attached hydrogens (tertiary/aromatic N) is 2. The van der Waals surface area contributed by atoms with Crippen LogP contribution in [0.25, 0.3) is 11.0 Å². The molecule has 0 bridgehead atoms. The molecule has 2 aromatic carbocycles. The maximum absolute atomic E-state index is 13.1. The minimum Gasteiger partial charge on any atom is -0.484 e. The molecule has 3 aromatic rings. The lowest BCUT2D eigenvalue weighted by Gasteiger charge is -2.09. The van der Waals surface area contributed by atoms with E-state index >= 15 is 0 Å². The number of carbonyl (C=O) groups is 1. The molecule has 0 atom stereocenters. The quantitative estimate of drug-likeness (QED) is 0.776. The molecule has 0 aliphatic carbocycles. The minimum absolute atomic E-state index is 0.193. The van der Waals surface area contributed by atoms with E-state index in [0.29, 0.717) is 17.5 Å². The second-order valence-electron chi connectivity index (χ2n) is 5.74. The van der Waals surface area contributed by atoms with Crippen molar-refractivity contribution in [1.82, 2.24) is 9.55 Å². The molecule has 1 N–H and O–H groups in total. The van der Waals surface area contributed by atoms with Gasteiger partial charge >= 0.3 is 0 Å². The van der Waals surface area contributed by atoms with Crippen LogP contribution in [0.3, 0.4) is 0 Å². The Morgan fingerprint density at radius 3 is 2.88 bits per heavy atom. The number of ether oxygens (including phenoxy) is 1. The smallest absolute Gasteiger partial charge is 0.262 e. The Labute approximate surface area is 139 Å². The predicted octanol–water partition coefficient (Wildman–Crippen LogP) is 3.77. The van der Waals surface area contributed by atoms with Crippen molar-refractivity contribution in [1.29, 1.82) is 0 Å².